The predicted molar refractivity (Wildman–Crippen MR) is 79.1 cm³/mol. The van der Waals surface area contributed by atoms with Crippen LogP contribution in [0, 0.1) is 0 Å². The monoisotopic (exact) mass is 270 g/mol. The summed E-state index contributed by atoms with van der Waals surface area (Å²) in [4.78, 5) is 18.5. The van der Waals surface area contributed by atoms with Gasteiger partial charge in [0.15, 0.2) is 0 Å². The highest BCUT2D eigenvalue weighted by Gasteiger charge is 2.15. The molecular formula is C16H18N2O2. The molecule has 0 amide bonds. The number of hydrogen-bond donors (Lipinski definition) is 0. The highest BCUT2D eigenvalue weighted by molar-refractivity contribution is 6.04. The lowest BCUT2D eigenvalue weighted by Crippen LogP contribution is -2.29. The van der Waals surface area contributed by atoms with Crippen LogP contribution in [0.1, 0.15) is 29.6 Å². The number of rotatable bonds is 2. The fraction of sp³-hybridized carbons (Fsp3) is 0.375. The molecule has 0 radical (unpaired) electrons. The molecule has 1 saturated heterocycles. The SMILES string of the molecule is COC(=O)c1ccnc2ccc(N3CCCCC3)cc12. The second-order valence-electron chi connectivity index (χ2n) is 5.10. The number of nitrogens with zero attached hydrogens (tertiary/aromatic N) is 2. The molecule has 1 fully saturated rings. The van der Waals surface area contributed by atoms with Crippen LogP contribution in [0.3, 0.4) is 0 Å². The average molecular weight is 270 g/mol. The number of carbonyl (C=O) groups is 1. The summed E-state index contributed by atoms with van der Waals surface area (Å²) in [6.07, 6.45) is 5.41. The molecule has 2 aromatic rings. The zero-order valence-corrected chi connectivity index (χ0v) is 11.6. The van der Waals surface area contributed by atoms with Crippen LogP contribution in [0.15, 0.2) is 30.5 Å². The molecule has 0 N–H and O–H groups in total. The third kappa shape index (κ3) is 2.33. The molecule has 3 rings (SSSR count). The fourth-order valence-corrected chi connectivity index (χ4v) is 2.77. The second kappa shape index (κ2) is 5.49. The Bertz CT molecular complexity index is 633. The zero-order valence-electron chi connectivity index (χ0n) is 11.6. The van der Waals surface area contributed by atoms with Crippen molar-refractivity contribution >= 4 is 22.6 Å². The van der Waals surface area contributed by atoms with E-state index in [1.165, 1.54) is 26.4 Å². The average Bonchev–Trinajstić information content (AvgIpc) is 2.54. The number of carbonyl (C=O) groups excluding carboxylic acids is 1. The maximum atomic E-state index is 11.9. The molecule has 4 heteroatoms. The first-order chi connectivity index (χ1) is 9.79. The minimum absolute atomic E-state index is 0.312. The summed E-state index contributed by atoms with van der Waals surface area (Å²) in [5.74, 6) is -0.312. The van der Waals surface area contributed by atoms with Crippen molar-refractivity contribution in [1.82, 2.24) is 4.98 Å². The lowest BCUT2D eigenvalue weighted by Gasteiger charge is -2.29. The first-order valence-corrected chi connectivity index (χ1v) is 7.01. The standard InChI is InChI=1S/C16H18N2O2/c1-20-16(19)13-7-8-17-15-6-5-12(11-14(13)15)18-9-3-2-4-10-18/h5-8,11H,2-4,9-10H2,1H3. The van der Waals surface area contributed by atoms with Crippen molar-refractivity contribution < 1.29 is 9.53 Å². The van der Waals surface area contributed by atoms with Crippen LogP contribution in [-0.2, 0) is 4.74 Å². The Morgan fingerprint density at radius 3 is 2.75 bits per heavy atom. The quantitative estimate of drug-likeness (QED) is 0.787. The number of aromatic nitrogens is 1. The topological polar surface area (TPSA) is 42.4 Å². The molecule has 104 valence electrons. The van der Waals surface area contributed by atoms with E-state index in [1.807, 2.05) is 6.07 Å². The van der Waals surface area contributed by atoms with Crippen LogP contribution < -0.4 is 4.90 Å². The summed E-state index contributed by atoms with van der Waals surface area (Å²) in [5, 5.41) is 0.863. The molecule has 1 aromatic heterocycles. The largest absolute Gasteiger partial charge is 0.465 e. The van der Waals surface area contributed by atoms with Crippen LogP contribution in [0.2, 0.25) is 0 Å². The van der Waals surface area contributed by atoms with E-state index in [4.69, 9.17) is 4.74 Å². The smallest absolute Gasteiger partial charge is 0.338 e. The highest BCUT2D eigenvalue weighted by Crippen LogP contribution is 2.26. The van der Waals surface area contributed by atoms with Crippen molar-refractivity contribution in [2.75, 3.05) is 25.1 Å². The molecule has 0 unspecified atom stereocenters. The number of ether oxygens (including phenoxy) is 1. The van der Waals surface area contributed by atoms with Gasteiger partial charge in [-0.05, 0) is 43.5 Å². The number of piperidine rings is 1. The minimum Gasteiger partial charge on any atom is -0.465 e. The van der Waals surface area contributed by atoms with Gasteiger partial charge in [-0.1, -0.05) is 0 Å². The summed E-state index contributed by atoms with van der Waals surface area (Å²) in [7, 11) is 1.41. The van der Waals surface area contributed by atoms with E-state index in [-0.39, 0.29) is 5.97 Å². The van der Waals surface area contributed by atoms with E-state index in [2.05, 4.69) is 22.0 Å². The number of methoxy groups -OCH3 is 1. The summed E-state index contributed by atoms with van der Waals surface area (Å²) in [6, 6.07) is 7.83. The Labute approximate surface area is 118 Å². The van der Waals surface area contributed by atoms with Crippen molar-refractivity contribution in [2.24, 2.45) is 0 Å². The van der Waals surface area contributed by atoms with Crippen molar-refractivity contribution in [3.63, 3.8) is 0 Å². The molecule has 4 nitrogen and oxygen atoms in total. The van der Waals surface area contributed by atoms with Gasteiger partial charge in [-0.2, -0.15) is 0 Å². The Kier molecular flexibility index (Phi) is 3.54. The van der Waals surface area contributed by atoms with Gasteiger partial charge >= 0.3 is 5.97 Å². The molecule has 1 aromatic carbocycles. The van der Waals surface area contributed by atoms with Crippen LogP contribution >= 0.6 is 0 Å². The maximum Gasteiger partial charge on any atom is 0.338 e. The summed E-state index contributed by atoms with van der Waals surface area (Å²) < 4.78 is 4.85. The molecular weight excluding hydrogens is 252 g/mol. The predicted octanol–water partition coefficient (Wildman–Crippen LogP) is 3.01. The summed E-state index contributed by atoms with van der Waals surface area (Å²) >= 11 is 0. The number of anilines is 1. The van der Waals surface area contributed by atoms with E-state index in [1.54, 1.807) is 12.3 Å². The van der Waals surface area contributed by atoms with E-state index in [0.29, 0.717) is 5.56 Å². The molecule has 0 saturated carbocycles. The van der Waals surface area contributed by atoms with E-state index in [0.717, 1.165) is 29.7 Å². The number of fused-ring (bicyclic) bond motifs is 1. The highest BCUT2D eigenvalue weighted by atomic mass is 16.5. The van der Waals surface area contributed by atoms with Gasteiger partial charge in [-0.25, -0.2) is 4.79 Å². The lowest BCUT2D eigenvalue weighted by atomic mass is 10.1. The van der Waals surface area contributed by atoms with Crippen LogP contribution in [0.5, 0.6) is 0 Å². The van der Waals surface area contributed by atoms with E-state index >= 15 is 0 Å². The van der Waals surface area contributed by atoms with E-state index < -0.39 is 0 Å². The molecule has 0 aliphatic carbocycles. The number of pyridine rings is 1. The maximum absolute atomic E-state index is 11.9. The van der Waals surface area contributed by atoms with Crippen LogP contribution in [-0.4, -0.2) is 31.2 Å². The number of benzene rings is 1. The van der Waals surface area contributed by atoms with Crippen molar-refractivity contribution in [1.29, 1.82) is 0 Å². The Morgan fingerprint density at radius 1 is 1.20 bits per heavy atom. The molecule has 1 aliphatic rings. The first-order valence-electron chi connectivity index (χ1n) is 7.01. The molecule has 2 heterocycles. The zero-order chi connectivity index (χ0) is 13.9. The summed E-state index contributed by atoms with van der Waals surface area (Å²) in [5.41, 5.74) is 2.57. The third-order valence-corrected chi connectivity index (χ3v) is 3.85. The summed E-state index contributed by atoms with van der Waals surface area (Å²) in [6.45, 7) is 2.17. The molecule has 0 spiro atoms. The number of esters is 1. The van der Waals surface area contributed by atoms with Gasteiger partial charge in [0.25, 0.3) is 0 Å². The molecule has 0 bridgehead atoms. The Morgan fingerprint density at radius 2 is 2.00 bits per heavy atom. The Balaban J connectivity index is 2.06. The van der Waals surface area contributed by atoms with Gasteiger partial charge in [0, 0.05) is 30.4 Å². The van der Waals surface area contributed by atoms with Gasteiger partial charge in [-0.3, -0.25) is 4.98 Å². The van der Waals surface area contributed by atoms with Gasteiger partial charge in [0.05, 0.1) is 18.2 Å². The normalized spacial score (nSPS) is 15.3. The lowest BCUT2D eigenvalue weighted by molar-refractivity contribution is 0.0603. The van der Waals surface area contributed by atoms with Crippen molar-refractivity contribution in [3.05, 3.63) is 36.0 Å². The second-order valence-corrected chi connectivity index (χ2v) is 5.10. The number of hydrogen-bond acceptors (Lipinski definition) is 4. The van der Waals surface area contributed by atoms with Gasteiger partial charge in [-0.15, -0.1) is 0 Å². The van der Waals surface area contributed by atoms with Crippen LogP contribution in [0.25, 0.3) is 10.9 Å². The molecule has 1 aliphatic heterocycles. The van der Waals surface area contributed by atoms with Crippen molar-refractivity contribution in [2.45, 2.75) is 19.3 Å². The van der Waals surface area contributed by atoms with Gasteiger partial charge in [0.2, 0.25) is 0 Å². The molecule has 0 atom stereocenters. The first kappa shape index (κ1) is 12.9. The molecule has 20 heavy (non-hydrogen) atoms. The van der Waals surface area contributed by atoms with Crippen LogP contribution in [0.4, 0.5) is 5.69 Å². The van der Waals surface area contributed by atoms with E-state index in [9.17, 15) is 4.79 Å². The minimum atomic E-state index is -0.312. The van der Waals surface area contributed by atoms with Gasteiger partial charge < -0.3 is 9.64 Å². The Hall–Kier alpha value is -2.10. The van der Waals surface area contributed by atoms with Gasteiger partial charge in [0.1, 0.15) is 0 Å². The third-order valence-electron chi connectivity index (χ3n) is 3.85. The fourth-order valence-electron chi connectivity index (χ4n) is 2.77. The van der Waals surface area contributed by atoms with Crippen molar-refractivity contribution in [3.8, 4) is 0 Å².